The standard InChI is InChI=1S/C13H14INO3/c1-2-18-13(17)9-6-12(16)15(8-9)11-5-3-4-10(14)7-11/h3-5,7,9H,2,6,8H2,1H3/t9-/m1/s1. The lowest BCUT2D eigenvalue weighted by atomic mass is 10.1. The van der Waals surface area contributed by atoms with Crippen LogP contribution < -0.4 is 4.90 Å². The van der Waals surface area contributed by atoms with Crippen LogP contribution in [-0.4, -0.2) is 25.0 Å². The van der Waals surface area contributed by atoms with Crippen LogP contribution >= 0.6 is 22.6 Å². The minimum Gasteiger partial charge on any atom is -0.466 e. The second kappa shape index (κ2) is 5.69. The molecule has 0 spiro atoms. The predicted molar refractivity (Wildman–Crippen MR) is 76.3 cm³/mol. The van der Waals surface area contributed by atoms with Gasteiger partial charge in [-0.05, 0) is 47.7 Å². The third-order valence-corrected chi connectivity index (χ3v) is 3.54. The zero-order valence-corrected chi connectivity index (χ0v) is 12.2. The lowest BCUT2D eigenvalue weighted by Crippen LogP contribution is -2.26. The Hall–Kier alpha value is -1.11. The highest BCUT2D eigenvalue weighted by Crippen LogP contribution is 2.26. The van der Waals surface area contributed by atoms with E-state index in [4.69, 9.17) is 4.74 Å². The van der Waals surface area contributed by atoms with Gasteiger partial charge in [-0.2, -0.15) is 0 Å². The summed E-state index contributed by atoms with van der Waals surface area (Å²) in [6, 6.07) is 7.69. The van der Waals surface area contributed by atoms with E-state index in [2.05, 4.69) is 22.6 Å². The van der Waals surface area contributed by atoms with Crippen LogP contribution in [-0.2, 0) is 14.3 Å². The van der Waals surface area contributed by atoms with Crippen molar-refractivity contribution in [2.45, 2.75) is 13.3 Å². The molecular formula is C13H14INO3. The van der Waals surface area contributed by atoms with Crippen molar-refractivity contribution in [1.82, 2.24) is 0 Å². The SMILES string of the molecule is CCOC(=O)[C@@H]1CC(=O)N(c2cccc(I)c2)C1. The summed E-state index contributed by atoms with van der Waals surface area (Å²) in [5, 5.41) is 0. The van der Waals surface area contributed by atoms with Crippen LogP contribution in [0.3, 0.4) is 0 Å². The van der Waals surface area contributed by atoms with Gasteiger partial charge in [0.15, 0.2) is 0 Å². The summed E-state index contributed by atoms with van der Waals surface area (Å²) in [5.41, 5.74) is 0.846. The van der Waals surface area contributed by atoms with Crippen molar-refractivity contribution in [3.8, 4) is 0 Å². The summed E-state index contributed by atoms with van der Waals surface area (Å²) in [4.78, 5) is 25.2. The predicted octanol–water partition coefficient (Wildman–Crippen LogP) is 2.21. The maximum Gasteiger partial charge on any atom is 0.311 e. The Kier molecular flexibility index (Phi) is 4.21. The number of esters is 1. The number of benzene rings is 1. The van der Waals surface area contributed by atoms with Crippen molar-refractivity contribution in [1.29, 1.82) is 0 Å². The van der Waals surface area contributed by atoms with Gasteiger partial charge in [-0.3, -0.25) is 9.59 Å². The van der Waals surface area contributed by atoms with E-state index >= 15 is 0 Å². The van der Waals surface area contributed by atoms with Crippen LogP contribution in [0, 0.1) is 9.49 Å². The number of hydrogen-bond acceptors (Lipinski definition) is 3. The number of halogens is 1. The Bertz CT molecular complexity index is 475. The maximum absolute atomic E-state index is 11.9. The monoisotopic (exact) mass is 359 g/mol. The van der Waals surface area contributed by atoms with E-state index in [1.807, 2.05) is 24.3 Å². The number of rotatable bonds is 3. The van der Waals surface area contributed by atoms with E-state index in [-0.39, 0.29) is 24.2 Å². The first kappa shape index (κ1) is 13.3. The van der Waals surface area contributed by atoms with E-state index in [1.54, 1.807) is 11.8 Å². The van der Waals surface area contributed by atoms with Crippen molar-refractivity contribution >= 4 is 40.2 Å². The first-order valence-corrected chi connectivity index (χ1v) is 6.92. The molecule has 96 valence electrons. The second-order valence-electron chi connectivity index (χ2n) is 4.14. The molecule has 1 fully saturated rings. The molecule has 0 aliphatic carbocycles. The molecule has 4 nitrogen and oxygen atoms in total. The van der Waals surface area contributed by atoms with Gasteiger partial charge in [0.2, 0.25) is 5.91 Å². The minimum absolute atomic E-state index is 0.0185. The highest BCUT2D eigenvalue weighted by molar-refractivity contribution is 14.1. The number of amides is 1. The topological polar surface area (TPSA) is 46.6 Å². The molecule has 0 N–H and O–H groups in total. The van der Waals surface area contributed by atoms with Gasteiger partial charge in [0, 0.05) is 22.2 Å². The van der Waals surface area contributed by atoms with Gasteiger partial charge in [-0.1, -0.05) is 6.07 Å². The van der Waals surface area contributed by atoms with Crippen molar-refractivity contribution in [3.63, 3.8) is 0 Å². The molecule has 1 amide bonds. The summed E-state index contributed by atoms with van der Waals surface area (Å²) < 4.78 is 6.03. The maximum atomic E-state index is 11.9. The fourth-order valence-corrected chi connectivity index (χ4v) is 2.55. The van der Waals surface area contributed by atoms with Gasteiger partial charge in [-0.25, -0.2) is 0 Å². The van der Waals surface area contributed by atoms with Gasteiger partial charge in [0.05, 0.1) is 12.5 Å². The molecule has 0 aromatic heterocycles. The summed E-state index contributed by atoms with van der Waals surface area (Å²) in [6.45, 7) is 2.54. The molecule has 1 aliphatic heterocycles. The molecule has 1 heterocycles. The zero-order valence-electron chi connectivity index (χ0n) is 10.1. The molecule has 1 saturated heterocycles. The third kappa shape index (κ3) is 2.82. The fraction of sp³-hybridized carbons (Fsp3) is 0.385. The Morgan fingerprint density at radius 3 is 3.00 bits per heavy atom. The van der Waals surface area contributed by atoms with Gasteiger partial charge >= 0.3 is 5.97 Å². The van der Waals surface area contributed by atoms with E-state index in [0.717, 1.165) is 9.26 Å². The molecule has 18 heavy (non-hydrogen) atoms. The van der Waals surface area contributed by atoms with Gasteiger partial charge < -0.3 is 9.64 Å². The molecule has 1 aromatic carbocycles. The number of hydrogen-bond donors (Lipinski definition) is 0. The third-order valence-electron chi connectivity index (χ3n) is 2.86. The van der Waals surface area contributed by atoms with Crippen LogP contribution in [0.2, 0.25) is 0 Å². The van der Waals surface area contributed by atoms with Crippen LogP contribution in [0.5, 0.6) is 0 Å². The first-order valence-electron chi connectivity index (χ1n) is 5.84. The summed E-state index contributed by atoms with van der Waals surface area (Å²) in [5.74, 6) is -0.635. The molecule has 1 aliphatic rings. The molecule has 5 heteroatoms. The summed E-state index contributed by atoms with van der Waals surface area (Å²) in [6.07, 6.45) is 0.240. The number of carbonyl (C=O) groups is 2. The van der Waals surface area contributed by atoms with Gasteiger partial charge in [0.1, 0.15) is 0 Å². The second-order valence-corrected chi connectivity index (χ2v) is 5.38. The van der Waals surface area contributed by atoms with Crippen molar-refractivity contribution < 1.29 is 14.3 Å². The van der Waals surface area contributed by atoms with E-state index in [1.165, 1.54) is 0 Å². The highest BCUT2D eigenvalue weighted by Gasteiger charge is 2.35. The molecule has 0 radical (unpaired) electrons. The van der Waals surface area contributed by atoms with Gasteiger partial charge in [0.25, 0.3) is 0 Å². The highest BCUT2D eigenvalue weighted by atomic mass is 127. The van der Waals surface area contributed by atoms with E-state index in [0.29, 0.717) is 13.2 Å². The summed E-state index contributed by atoms with van der Waals surface area (Å²) >= 11 is 2.20. The average Bonchev–Trinajstić information content (AvgIpc) is 2.72. The smallest absolute Gasteiger partial charge is 0.311 e. The number of anilines is 1. The van der Waals surface area contributed by atoms with E-state index < -0.39 is 0 Å². The van der Waals surface area contributed by atoms with Crippen LogP contribution in [0.25, 0.3) is 0 Å². The lowest BCUT2D eigenvalue weighted by Gasteiger charge is -2.16. The fourth-order valence-electron chi connectivity index (χ4n) is 2.02. The van der Waals surface area contributed by atoms with Crippen LogP contribution in [0.1, 0.15) is 13.3 Å². The molecule has 0 unspecified atom stereocenters. The van der Waals surface area contributed by atoms with E-state index in [9.17, 15) is 9.59 Å². The number of nitrogens with zero attached hydrogens (tertiary/aromatic N) is 1. The van der Waals surface area contributed by atoms with Gasteiger partial charge in [-0.15, -0.1) is 0 Å². The largest absolute Gasteiger partial charge is 0.466 e. The minimum atomic E-state index is -0.338. The summed E-state index contributed by atoms with van der Waals surface area (Å²) in [7, 11) is 0. The normalized spacial score (nSPS) is 19.1. The van der Waals surface area contributed by atoms with Crippen LogP contribution in [0.4, 0.5) is 5.69 Å². The Labute approximate surface area is 119 Å². The van der Waals surface area contributed by atoms with Crippen molar-refractivity contribution in [2.24, 2.45) is 5.92 Å². The molecule has 1 atom stereocenters. The Balaban J connectivity index is 2.12. The molecular weight excluding hydrogens is 345 g/mol. The molecule has 2 rings (SSSR count). The zero-order chi connectivity index (χ0) is 13.1. The molecule has 0 saturated carbocycles. The van der Waals surface area contributed by atoms with Crippen LogP contribution in [0.15, 0.2) is 24.3 Å². The van der Waals surface area contributed by atoms with Crippen molar-refractivity contribution in [2.75, 3.05) is 18.1 Å². The number of carbonyl (C=O) groups excluding carboxylic acids is 2. The Morgan fingerprint density at radius 1 is 1.56 bits per heavy atom. The first-order chi connectivity index (χ1) is 8.61. The Morgan fingerprint density at radius 2 is 2.33 bits per heavy atom. The molecule has 1 aromatic rings. The quantitative estimate of drug-likeness (QED) is 0.614. The lowest BCUT2D eigenvalue weighted by molar-refractivity contribution is -0.147. The van der Waals surface area contributed by atoms with Crippen molar-refractivity contribution in [3.05, 3.63) is 27.8 Å². The molecule has 0 bridgehead atoms. The average molecular weight is 359 g/mol. The number of ether oxygens (including phenoxy) is 1.